The van der Waals surface area contributed by atoms with E-state index in [2.05, 4.69) is 4.72 Å². The number of aromatic nitrogens is 2. The maximum atomic E-state index is 13.0. The van der Waals surface area contributed by atoms with Crippen LogP contribution in [0.25, 0.3) is 11.0 Å². The smallest absolute Gasteiger partial charge is 0.305 e. The molecule has 8 heteroatoms. The molecule has 0 fully saturated rings. The van der Waals surface area contributed by atoms with Crippen molar-refractivity contribution in [1.29, 1.82) is 0 Å². The molecule has 0 bridgehead atoms. The highest BCUT2D eigenvalue weighted by Crippen LogP contribution is 2.27. The first kappa shape index (κ1) is 19.4. The van der Waals surface area contributed by atoms with Crippen LogP contribution in [0.4, 0.5) is 5.69 Å². The van der Waals surface area contributed by atoms with Crippen molar-refractivity contribution in [2.75, 3.05) is 4.72 Å². The first-order valence-corrected chi connectivity index (χ1v) is 11.0. The normalized spacial score (nSPS) is 14.0. The van der Waals surface area contributed by atoms with Gasteiger partial charge in [-0.1, -0.05) is 6.07 Å². The Morgan fingerprint density at radius 3 is 2.10 bits per heavy atom. The van der Waals surface area contributed by atoms with E-state index in [0.29, 0.717) is 22.3 Å². The number of hydrogen-bond donors (Lipinski definition) is 1. The lowest BCUT2D eigenvalue weighted by Gasteiger charge is -2.18. The van der Waals surface area contributed by atoms with E-state index in [1.54, 1.807) is 31.2 Å². The van der Waals surface area contributed by atoms with Gasteiger partial charge >= 0.3 is 11.1 Å². The molecular weight excluding hydrogens is 390 g/mol. The highest BCUT2D eigenvalue weighted by molar-refractivity contribution is 7.92. The topological polar surface area (TPSA) is 90.2 Å². The monoisotopic (exact) mass is 413 g/mol. The molecule has 0 amide bonds. The fourth-order valence-corrected chi connectivity index (χ4v) is 5.09. The lowest BCUT2D eigenvalue weighted by atomic mass is 9.92. The van der Waals surface area contributed by atoms with E-state index < -0.39 is 21.1 Å². The van der Waals surface area contributed by atoms with Crippen LogP contribution in [0.1, 0.15) is 29.5 Å². The zero-order valence-corrected chi connectivity index (χ0v) is 17.5. The third kappa shape index (κ3) is 3.27. The molecule has 0 aliphatic heterocycles. The Labute approximate surface area is 168 Å². The summed E-state index contributed by atoms with van der Waals surface area (Å²) in [7, 11) is -0.752. The SMILES string of the molecule is Cc1cc2c(cc1NS(=O)(=O)c1ccc3c(c1)CCCC3)n(C)c(=O)c(=O)n2C. The Balaban J connectivity index is 1.80. The van der Waals surface area contributed by atoms with Crippen LogP contribution < -0.4 is 15.8 Å². The molecule has 152 valence electrons. The van der Waals surface area contributed by atoms with E-state index in [1.165, 1.54) is 28.8 Å². The number of rotatable bonds is 3. The van der Waals surface area contributed by atoms with Crippen molar-refractivity contribution in [2.24, 2.45) is 14.1 Å². The molecule has 0 saturated carbocycles. The molecule has 1 heterocycles. The minimum atomic E-state index is -3.79. The summed E-state index contributed by atoms with van der Waals surface area (Å²) in [4.78, 5) is 24.4. The van der Waals surface area contributed by atoms with Gasteiger partial charge in [-0.2, -0.15) is 0 Å². The second kappa shape index (κ2) is 6.88. The van der Waals surface area contributed by atoms with E-state index in [-0.39, 0.29) is 4.90 Å². The van der Waals surface area contributed by atoms with Crippen LogP contribution in [0.5, 0.6) is 0 Å². The maximum Gasteiger partial charge on any atom is 0.316 e. The van der Waals surface area contributed by atoms with Gasteiger partial charge in [0.2, 0.25) is 0 Å². The second-order valence-corrected chi connectivity index (χ2v) is 9.31. The summed E-state index contributed by atoms with van der Waals surface area (Å²) in [5, 5.41) is 0. The largest absolute Gasteiger partial charge is 0.316 e. The van der Waals surface area contributed by atoms with Crippen LogP contribution in [0.2, 0.25) is 0 Å². The molecule has 1 aliphatic rings. The number of aryl methyl sites for hydroxylation is 5. The first-order valence-electron chi connectivity index (χ1n) is 9.54. The predicted molar refractivity (Wildman–Crippen MR) is 113 cm³/mol. The highest BCUT2D eigenvalue weighted by Gasteiger charge is 2.20. The summed E-state index contributed by atoms with van der Waals surface area (Å²) in [6.07, 6.45) is 4.08. The Kier molecular flexibility index (Phi) is 4.61. The van der Waals surface area contributed by atoms with Crippen molar-refractivity contribution < 1.29 is 8.42 Å². The molecule has 1 N–H and O–H groups in total. The van der Waals surface area contributed by atoms with Crippen LogP contribution in [0.15, 0.2) is 44.8 Å². The van der Waals surface area contributed by atoms with Crippen molar-refractivity contribution in [3.8, 4) is 0 Å². The van der Waals surface area contributed by atoms with Crippen LogP contribution in [-0.2, 0) is 37.0 Å². The summed E-state index contributed by atoms with van der Waals surface area (Å²) in [6, 6.07) is 8.60. The van der Waals surface area contributed by atoms with Crippen molar-refractivity contribution in [2.45, 2.75) is 37.5 Å². The van der Waals surface area contributed by atoms with E-state index in [0.717, 1.165) is 31.2 Å². The second-order valence-electron chi connectivity index (χ2n) is 7.63. The Hall–Kier alpha value is -2.87. The highest BCUT2D eigenvalue weighted by atomic mass is 32.2. The van der Waals surface area contributed by atoms with Crippen molar-refractivity contribution in [3.63, 3.8) is 0 Å². The molecule has 1 aliphatic carbocycles. The Morgan fingerprint density at radius 1 is 0.862 bits per heavy atom. The summed E-state index contributed by atoms with van der Waals surface area (Å²) < 4.78 is 31.2. The van der Waals surface area contributed by atoms with Crippen molar-refractivity contribution in [3.05, 3.63) is 67.7 Å². The molecule has 0 radical (unpaired) electrons. The fourth-order valence-electron chi connectivity index (χ4n) is 3.91. The van der Waals surface area contributed by atoms with E-state index in [4.69, 9.17) is 0 Å². The van der Waals surface area contributed by atoms with Crippen LogP contribution in [0.3, 0.4) is 0 Å². The number of benzene rings is 2. The summed E-state index contributed by atoms with van der Waals surface area (Å²) in [5.41, 5.74) is 3.10. The van der Waals surface area contributed by atoms with E-state index in [1.807, 2.05) is 6.07 Å². The molecule has 0 unspecified atom stereocenters. The number of anilines is 1. The van der Waals surface area contributed by atoms with Gasteiger partial charge < -0.3 is 9.13 Å². The van der Waals surface area contributed by atoms with Crippen LogP contribution in [-0.4, -0.2) is 17.6 Å². The molecule has 4 rings (SSSR count). The van der Waals surface area contributed by atoms with Gasteiger partial charge in [0, 0.05) is 14.1 Å². The molecule has 0 atom stereocenters. The summed E-state index contributed by atoms with van der Waals surface area (Å²) in [6.45, 7) is 1.76. The van der Waals surface area contributed by atoms with Gasteiger partial charge in [-0.05, 0) is 73.6 Å². The van der Waals surface area contributed by atoms with E-state index in [9.17, 15) is 18.0 Å². The Bertz CT molecular complexity index is 1370. The molecule has 0 spiro atoms. The first-order chi connectivity index (χ1) is 13.7. The van der Waals surface area contributed by atoms with E-state index >= 15 is 0 Å². The quantitative estimate of drug-likeness (QED) is 0.667. The molecular formula is C21H23N3O4S. The number of nitrogens with one attached hydrogen (secondary N) is 1. The molecule has 29 heavy (non-hydrogen) atoms. The fraction of sp³-hybridized carbons (Fsp3) is 0.333. The maximum absolute atomic E-state index is 13.0. The van der Waals surface area contributed by atoms with Gasteiger partial charge in [-0.15, -0.1) is 0 Å². The standard InChI is InChI=1S/C21H23N3O4S/c1-13-10-18-19(24(3)21(26)20(25)23(18)2)12-17(13)22-29(27,28)16-9-8-14-6-4-5-7-15(14)11-16/h8-12,22H,4-7H2,1-3H3. The van der Waals surface area contributed by atoms with Crippen molar-refractivity contribution in [1.82, 2.24) is 9.13 Å². The summed E-state index contributed by atoms with van der Waals surface area (Å²) >= 11 is 0. The third-order valence-corrected chi connectivity index (χ3v) is 7.07. The van der Waals surface area contributed by atoms with Gasteiger partial charge in [-0.25, -0.2) is 8.42 Å². The average molecular weight is 413 g/mol. The predicted octanol–water partition coefficient (Wildman–Crippen LogP) is 2.23. The molecule has 0 saturated heterocycles. The zero-order valence-electron chi connectivity index (χ0n) is 16.7. The van der Waals surface area contributed by atoms with Crippen molar-refractivity contribution >= 4 is 26.7 Å². The number of nitrogens with zero attached hydrogens (tertiary/aromatic N) is 2. The minimum absolute atomic E-state index is 0.229. The number of hydrogen-bond acceptors (Lipinski definition) is 4. The van der Waals surface area contributed by atoms with Crippen LogP contribution >= 0.6 is 0 Å². The molecule has 1 aromatic heterocycles. The molecule has 7 nitrogen and oxygen atoms in total. The molecule has 3 aromatic rings. The Morgan fingerprint density at radius 2 is 1.45 bits per heavy atom. The minimum Gasteiger partial charge on any atom is -0.305 e. The van der Waals surface area contributed by atoms with Gasteiger partial charge in [0.1, 0.15) is 0 Å². The van der Waals surface area contributed by atoms with Gasteiger partial charge in [0.15, 0.2) is 0 Å². The molecule has 2 aromatic carbocycles. The third-order valence-electron chi connectivity index (χ3n) is 5.71. The van der Waals surface area contributed by atoms with Crippen LogP contribution in [0, 0.1) is 6.92 Å². The van der Waals surface area contributed by atoms with Gasteiger partial charge in [-0.3, -0.25) is 14.3 Å². The zero-order chi connectivity index (χ0) is 20.9. The summed E-state index contributed by atoms with van der Waals surface area (Å²) in [5.74, 6) is 0. The number of fused-ring (bicyclic) bond motifs is 2. The lowest BCUT2D eigenvalue weighted by Crippen LogP contribution is -2.39. The lowest BCUT2D eigenvalue weighted by molar-refractivity contribution is 0.600. The number of sulfonamides is 1. The van der Waals surface area contributed by atoms with Gasteiger partial charge in [0.05, 0.1) is 21.6 Å². The van der Waals surface area contributed by atoms with Gasteiger partial charge in [0.25, 0.3) is 10.0 Å². The average Bonchev–Trinajstić information content (AvgIpc) is 2.71.